The highest BCUT2D eigenvalue weighted by Gasteiger charge is 2.51. The summed E-state index contributed by atoms with van der Waals surface area (Å²) < 4.78 is 10.6. The van der Waals surface area contributed by atoms with E-state index in [0.29, 0.717) is 19.6 Å². The van der Waals surface area contributed by atoms with Crippen molar-refractivity contribution in [1.82, 2.24) is 0 Å². The molecule has 1 aliphatic heterocycles. The predicted molar refractivity (Wildman–Crippen MR) is 66.8 cm³/mol. The van der Waals surface area contributed by atoms with Crippen LogP contribution in [0.5, 0.6) is 5.75 Å². The molecule has 1 saturated heterocycles. The van der Waals surface area contributed by atoms with Crippen molar-refractivity contribution in [3.05, 3.63) is 29.8 Å². The van der Waals surface area contributed by atoms with Crippen molar-refractivity contribution in [1.29, 1.82) is 0 Å². The molecule has 98 valence electrons. The van der Waals surface area contributed by atoms with Crippen molar-refractivity contribution in [2.24, 2.45) is 0 Å². The molecule has 1 N–H and O–H groups in total. The van der Waals surface area contributed by atoms with Crippen molar-refractivity contribution < 1.29 is 19.4 Å². The fraction of sp³-hybridized carbons (Fsp3) is 0.500. The molecular weight excluding hydrogens is 232 g/mol. The van der Waals surface area contributed by atoms with E-state index in [0.717, 1.165) is 18.6 Å². The van der Waals surface area contributed by atoms with Crippen molar-refractivity contribution in [3.8, 4) is 5.75 Å². The normalized spacial score (nSPS) is 21.6. The van der Waals surface area contributed by atoms with Gasteiger partial charge in [-0.1, -0.05) is 17.7 Å². The number of carbonyl (C=O) groups is 1. The van der Waals surface area contributed by atoms with Crippen LogP contribution in [0.2, 0.25) is 0 Å². The number of aliphatic carboxylic acids is 1. The lowest BCUT2D eigenvalue weighted by molar-refractivity contribution is -0.143. The quantitative estimate of drug-likeness (QED) is 0.596. The first kappa shape index (κ1) is 12.9. The molecule has 0 bridgehead atoms. The van der Waals surface area contributed by atoms with Crippen molar-refractivity contribution >= 4 is 5.97 Å². The van der Waals surface area contributed by atoms with E-state index in [4.69, 9.17) is 14.6 Å². The average Bonchev–Trinajstić information content (AvgIpc) is 3.12. The van der Waals surface area contributed by atoms with Crippen molar-refractivity contribution in [3.63, 3.8) is 0 Å². The number of carboxylic acid groups (broad SMARTS) is 1. The second-order valence-corrected chi connectivity index (χ2v) is 4.71. The van der Waals surface area contributed by atoms with Crippen molar-refractivity contribution in [2.45, 2.75) is 31.8 Å². The van der Waals surface area contributed by atoms with E-state index < -0.39 is 11.6 Å². The van der Waals surface area contributed by atoms with E-state index in [1.165, 1.54) is 5.56 Å². The lowest BCUT2D eigenvalue weighted by Gasteiger charge is -2.08. The Kier molecular flexibility index (Phi) is 3.87. The second-order valence-electron chi connectivity index (χ2n) is 4.71. The average molecular weight is 250 g/mol. The molecule has 0 amide bonds. The van der Waals surface area contributed by atoms with Crippen LogP contribution >= 0.6 is 0 Å². The van der Waals surface area contributed by atoms with Crippen LogP contribution < -0.4 is 4.74 Å². The van der Waals surface area contributed by atoms with Gasteiger partial charge in [0.2, 0.25) is 0 Å². The molecule has 0 aromatic heterocycles. The number of carboxylic acids is 1. The highest BCUT2D eigenvalue weighted by Crippen LogP contribution is 2.32. The Morgan fingerprint density at radius 3 is 2.61 bits per heavy atom. The van der Waals surface area contributed by atoms with Crippen LogP contribution in [0.4, 0.5) is 0 Å². The summed E-state index contributed by atoms with van der Waals surface area (Å²) in [6, 6.07) is 7.90. The fourth-order valence-electron chi connectivity index (χ4n) is 1.80. The maximum atomic E-state index is 10.8. The Balaban J connectivity index is 1.62. The van der Waals surface area contributed by atoms with Gasteiger partial charge in [0.15, 0.2) is 5.60 Å². The Morgan fingerprint density at radius 2 is 2.06 bits per heavy atom. The zero-order chi connectivity index (χ0) is 13.0. The topological polar surface area (TPSA) is 59.1 Å². The van der Waals surface area contributed by atoms with Gasteiger partial charge in [0.25, 0.3) is 0 Å². The van der Waals surface area contributed by atoms with Gasteiger partial charge in [0.05, 0.1) is 13.2 Å². The van der Waals surface area contributed by atoms with E-state index in [9.17, 15) is 4.79 Å². The smallest absolute Gasteiger partial charge is 0.338 e. The maximum Gasteiger partial charge on any atom is 0.338 e. The molecular formula is C14H18O4. The number of hydrogen-bond donors (Lipinski definition) is 1. The lowest BCUT2D eigenvalue weighted by atomic mass is 10.0. The largest absolute Gasteiger partial charge is 0.494 e. The van der Waals surface area contributed by atoms with Crippen molar-refractivity contribution in [2.75, 3.05) is 13.2 Å². The third-order valence-electron chi connectivity index (χ3n) is 3.15. The molecule has 0 radical (unpaired) electrons. The van der Waals surface area contributed by atoms with E-state index >= 15 is 0 Å². The van der Waals surface area contributed by atoms with E-state index in [-0.39, 0.29) is 0 Å². The Hall–Kier alpha value is -1.55. The van der Waals surface area contributed by atoms with E-state index in [1.807, 2.05) is 31.2 Å². The summed E-state index contributed by atoms with van der Waals surface area (Å²) in [7, 11) is 0. The molecule has 4 nitrogen and oxygen atoms in total. The van der Waals surface area contributed by atoms with Gasteiger partial charge in [-0.15, -0.1) is 0 Å². The summed E-state index contributed by atoms with van der Waals surface area (Å²) in [6.07, 6.45) is 2.21. The molecule has 4 heteroatoms. The van der Waals surface area contributed by atoms with E-state index in [2.05, 4.69) is 0 Å². The van der Waals surface area contributed by atoms with Crippen LogP contribution in [-0.2, 0) is 9.53 Å². The minimum Gasteiger partial charge on any atom is -0.494 e. The van der Waals surface area contributed by atoms with Crippen LogP contribution in [0.1, 0.15) is 24.8 Å². The van der Waals surface area contributed by atoms with Gasteiger partial charge in [-0.25, -0.2) is 4.79 Å². The van der Waals surface area contributed by atoms with Gasteiger partial charge in [-0.2, -0.15) is 0 Å². The molecule has 1 aliphatic rings. The van der Waals surface area contributed by atoms with Crippen LogP contribution in [0.15, 0.2) is 24.3 Å². The first-order valence-corrected chi connectivity index (χ1v) is 6.19. The highest BCUT2D eigenvalue weighted by atomic mass is 16.6. The molecule has 1 aromatic rings. The third kappa shape index (κ3) is 3.23. The van der Waals surface area contributed by atoms with Gasteiger partial charge in [-0.3, -0.25) is 0 Å². The van der Waals surface area contributed by atoms with Crippen LogP contribution in [0.3, 0.4) is 0 Å². The third-order valence-corrected chi connectivity index (χ3v) is 3.15. The van der Waals surface area contributed by atoms with Gasteiger partial charge in [0.1, 0.15) is 5.75 Å². The van der Waals surface area contributed by atoms with Gasteiger partial charge in [-0.05, 0) is 38.3 Å². The molecule has 0 saturated carbocycles. The zero-order valence-electron chi connectivity index (χ0n) is 10.5. The van der Waals surface area contributed by atoms with Crippen LogP contribution in [0.25, 0.3) is 0 Å². The van der Waals surface area contributed by atoms with Gasteiger partial charge in [0, 0.05) is 0 Å². The number of aryl methyl sites for hydroxylation is 1. The second kappa shape index (κ2) is 5.40. The van der Waals surface area contributed by atoms with Gasteiger partial charge >= 0.3 is 5.97 Å². The molecule has 1 aromatic carbocycles. The SMILES string of the molecule is Cc1ccc(OCCCCC2(C(=O)O)CO2)cc1. The number of hydrogen-bond acceptors (Lipinski definition) is 3. The monoisotopic (exact) mass is 250 g/mol. The summed E-state index contributed by atoms with van der Waals surface area (Å²) in [5.74, 6) is 0.0122. The summed E-state index contributed by atoms with van der Waals surface area (Å²) in [6.45, 7) is 2.99. The van der Waals surface area contributed by atoms with Crippen LogP contribution in [-0.4, -0.2) is 29.9 Å². The first-order valence-electron chi connectivity index (χ1n) is 6.19. The molecule has 1 heterocycles. The maximum absolute atomic E-state index is 10.8. The molecule has 1 atom stereocenters. The number of unbranched alkanes of at least 4 members (excludes halogenated alkanes) is 1. The fourth-order valence-corrected chi connectivity index (χ4v) is 1.80. The molecule has 0 spiro atoms. The standard InChI is InChI=1S/C14H18O4/c1-11-4-6-12(7-5-11)17-9-3-2-8-14(10-18-14)13(15)16/h4-7H,2-3,8-10H2,1H3,(H,15,16). The number of rotatable bonds is 7. The van der Waals surface area contributed by atoms with Crippen LogP contribution in [0, 0.1) is 6.92 Å². The number of epoxide rings is 1. The summed E-state index contributed by atoms with van der Waals surface area (Å²) >= 11 is 0. The minimum atomic E-state index is -0.885. The Bertz CT molecular complexity index is 406. The number of benzene rings is 1. The minimum absolute atomic E-state index is 0.348. The summed E-state index contributed by atoms with van der Waals surface area (Å²) in [5.41, 5.74) is 0.320. The van der Waals surface area contributed by atoms with Gasteiger partial charge < -0.3 is 14.6 Å². The first-order chi connectivity index (χ1) is 8.62. The number of ether oxygens (including phenoxy) is 2. The zero-order valence-corrected chi connectivity index (χ0v) is 10.5. The van der Waals surface area contributed by atoms with E-state index in [1.54, 1.807) is 0 Å². The molecule has 1 unspecified atom stereocenters. The Labute approximate surface area is 107 Å². The lowest BCUT2D eigenvalue weighted by Crippen LogP contribution is -2.23. The highest BCUT2D eigenvalue weighted by molar-refractivity contribution is 5.80. The predicted octanol–water partition coefficient (Wildman–Crippen LogP) is 2.40. The molecule has 1 fully saturated rings. The summed E-state index contributed by atoms with van der Waals surface area (Å²) in [4.78, 5) is 10.8. The molecule has 18 heavy (non-hydrogen) atoms. The Morgan fingerprint density at radius 1 is 1.39 bits per heavy atom. The molecule has 0 aliphatic carbocycles. The molecule has 2 rings (SSSR count). The summed E-state index contributed by atoms with van der Waals surface area (Å²) in [5, 5.41) is 8.91.